The fourth-order valence-electron chi connectivity index (χ4n) is 4.00. The van der Waals surface area contributed by atoms with Gasteiger partial charge in [-0.3, -0.25) is 0 Å². The van der Waals surface area contributed by atoms with Gasteiger partial charge in [0.05, 0.1) is 12.2 Å². The largest absolute Gasteiger partial charge is 0.419 e. The van der Waals surface area contributed by atoms with E-state index in [-0.39, 0.29) is 0 Å². The minimum atomic E-state index is -1.56. The van der Waals surface area contributed by atoms with E-state index in [9.17, 15) is 0 Å². The van der Waals surface area contributed by atoms with Gasteiger partial charge in [-0.1, -0.05) is 34.1 Å². The minimum Gasteiger partial charge on any atom is -0.419 e. The predicted molar refractivity (Wildman–Crippen MR) is 78.4 cm³/mol. The molecule has 1 saturated carbocycles. The Labute approximate surface area is 114 Å². The molecule has 0 N–H and O–H groups in total. The molecule has 18 heavy (non-hydrogen) atoms. The summed E-state index contributed by atoms with van der Waals surface area (Å²) in [5.74, 6) is 0.897. The Bertz CT molecular complexity index is 270. The average molecular weight is 270 g/mol. The summed E-state index contributed by atoms with van der Waals surface area (Å²) in [6, 6.07) is 1.33. The zero-order valence-corrected chi connectivity index (χ0v) is 13.7. The van der Waals surface area contributed by atoms with Crippen molar-refractivity contribution in [2.24, 2.45) is 5.92 Å². The van der Waals surface area contributed by atoms with Crippen molar-refractivity contribution in [3.63, 3.8) is 0 Å². The van der Waals surface area contributed by atoms with E-state index in [0.717, 1.165) is 17.0 Å². The molecule has 0 aromatic heterocycles. The van der Waals surface area contributed by atoms with Crippen LogP contribution in [0.15, 0.2) is 0 Å². The van der Waals surface area contributed by atoms with Crippen LogP contribution in [0, 0.1) is 5.92 Å². The summed E-state index contributed by atoms with van der Waals surface area (Å²) in [6.07, 6.45) is 6.63. The second-order valence-electron chi connectivity index (χ2n) is 6.90. The van der Waals surface area contributed by atoms with Gasteiger partial charge < -0.3 is 9.16 Å². The molecule has 1 saturated heterocycles. The maximum Gasteiger partial charge on any atom is 0.197 e. The van der Waals surface area contributed by atoms with Crippen molar-refractivity contribution < 1.29 is 9.16 Å². The molecular weight excluding hydrogens is 240 g/mol. The molecule has 2 aliphatic rings. The van der Waals surface area contributed by atoms with Crippen LogP contribution in [0.25, 0.3) is 0 Å². The normalized spacial score (nSPS) is 31.8. The Kier molecular flexibility index (Phi) is 4.55. The zero-order chi connectivity index (χ0) is 13.3. The van der Waals surface area contributed by atoms with E-state index in [1.165, 1.54) is 31.7 Å². The van der Waals surface area contributed by atoms with Crippen LogP contribution in [0.5, 0.6) is 0 Å². The van der Waals surface area contributed by atoms with Crippen molar-refractivity contribution >= 4 is 8.32 Å². The number of rotatable bonds is 6. The molecule has 2 fully saturated rings. The fourth-order valence-corrected chi connectivity index (χ4v) is 8.49. The number of hydrogen-bond acceptors (Lipinski definition) is 2. The van der Waals surface area contributed by atoms with Crippen LogP contribution in [0.3, 0.4) is 0 Å². The highest BCUT2D eigenvalue weighted by molar-refractivity contribution is 6.76. The Morgan fingerprint density at radius 2 is 1.78 bits per heavy atom. The Morgan fingerprint density at radius 1 is 1.11 bits per heavy atom. The van der Waals surface area contributed by atoms with Gasteiger partial charge in [0.15, 0.2) is 8.32 Å². The smallest absolute Gasteiger partial charge is 0.197 e. The third-order valence-electron chi connectivity index (χ3n) is 5.39. The van der Waals surface area contributed by atoms with Gasteiger partial charge >= 0.3 is 0 Å². The molecule has 1 aliphatic carbocycles. The minimum absolute atomic E-state index is 0.625. The quantitative estimate of drug-likeness (QED) is 0.528. The number of epoxide rings is 1. The van der Waals surface area contributed by atoms with Crippen molar-refractivity contribution in [1.82, 2.24) is 0 Å². The molecule has 0 spiro atoms. The maximum absolute atomic E-state index is 6.10. The highest BCUT2D eigenvalue weighted by Gasteiger charge is 2.45. The predicted octanol–water partition coefficient (Wildman–Crippen LogP) is 4.36. The van der Waals surface area contributed by atoms with Crippen LogP contribution in [-0.4, -0.2) is 27.6 Å². The molecule has 0 aromatic carbocycles. The van der Waals surface area contributed by atoms with E-state index in [0.29, 0.717) is 12.2 Å². The lowest BCUT2D eigenvalue weighted by Crippen LogP contribution is -2.44. The number of fused-ring (bicyclic) bond motifs is 1. The van der Waals surface area contributed by atoms with Crippen molar-refractivity contribution in [3.8, 4) is 0 Å². The Balaban J connectivity index is 1.88. The van der Waals surface area contributed by atoms with E-state index in [2.05, 4.69) is 27.7 Å². The van der Waals surface area contributed by atoms with Gasteiger partial charge in [-0.05, 0) is 42.3 Å². The molecule has 0 amide bonds. The first-order valence-electron chi connectivity index (χ1n) is 7.70. The molecule has 106 valence electrons. The van der Waals surface area contributed by atoms with Gasteiger partial charge in [0, 0.05) is 7.11 Å². The lowest BCUT2D eigenvalue weighted by atomic mass is 9.87. The van der Waals surface area contributed by atoms with Crippen molar-refractivity contribution in [1.29, 1.82) is 0 Å². The van der Waals surface area contributed by atoms with Gasteiger partial charge in [-0.25, -0.2) is 0 Å². The summed E-state index contributed by atoms with van der Waals surface area (Å²) >= 11 is 0. The van der Waals surface area contributed by atoms with Gasteiger partial charge in [-0.15, -0.1) is 0 Å². The van der Waals surface area contributed by atoms with Crippen LogP contribution < -0.4 is 0 Å². The zero-order valence-electron chi connectivity index (χ0n) is 12.7. The molecule has 2 rings (SSSR count). The third kappa shape index (κ3) is 2.83. The van der Waals surface area contributed by atoms with Gasteiger partial charge in [0.1, 0.15) is 0 Å². The molecule has 3 unspecified atom stereocenters. The summed E-state index contributed by atoms with van der Waals surface area (Å²) in [7, 11) is 0.394. The molecule has 2 nitrogen and oxygen atoms in total. The average Bonchev–Trinajstić information content (AvgIpc) is 3.07. The lowest BCUT2D eigenvalue weighted by molar-refractivity contribution is 0.337. The first-order valence-corrected chi connectivity index (χ1v) is 9.97. The second-order valence-corrected chi connectivity index (χ2v) is 12.0. The molecule has 1 aliphatic heterocycles. The summed E-state index contributed by atoms with van der Waals surface area (Å²) in [5, 5.41) is 0. The summed E-state index contributed by atoms with van der Waals surface area (Å²) in [5.41, 5.74) is 1.44. The highest BCUT2D eigenvalue weighted by Crippen LogP contribution is 2.44. The second kappa shape index (κ2) is 5.64. The SMILES string of the molecule is CO[Si](CCC1CCC2OC2C1)(C(C)C)C(C)C. The van der Waals surface area contributed by atoms with Crippen LogP contribution in [0.4, 0.5) is 0 Å². The van der Waals surface area contributed by atoms with E-state index >= 15 is 0 Å². The van der Waals surface area contributed by atoms with Gasteiger partial charge in [0.25, 0.3) is 0 Å². The van der Waals surface area contributed by atoms with E-state index in [1.807, 2.05) is 7.11 Å². The molecule has 1 heterocycles. The molecule has 3 heteroatoms. The molecule has 0 bridgehead atoms. The standard InChI is InChI=1S/C15H30O2Si/c1-11(2)18(16-5,12(3)4)9-8-13-6-7-14-15(10-13)17-14/h11-15H,6-10H2,1-5H3. The summed E-state index contributed by atoms with van der Waals surface area (Å²) < 4.78 is 11.7. The van der Waals surface area contributed by atoms with Gasteiger partial charge in [-0.2, -0.15) is 0 Å². The summed E-state index contributed by atoms with van der Waals surface area (Å²) in [4.78, 5) is 0. The Hall–Kier alpha value is 0.137. The summed E-state index contributed by atoms with van der Waals surface area (Å²) in [6.45, 7) is 9.43. The first-order chi connectivity index (χ1) is 8.49. The van der Waals surface area contributed by atoms with Crippen LogP contribution >= 0.6 is 0 Å². The number of hydrogen-bond donors (Lipinski definition) is 0. The lowest BCUT2D eigenvalue weighted by Gasteiger charge is -2.38. The fraction of sp³-hybridized carbons (Fsp3) is 1.00. The van der Waals surface area contributed by atoms with Crippen LogP contribution in [-0.2, 0) is 9.16 Å². The molecule has 0 aromatic rings. The Morgan fingerprint density at radius 3 is 2.28 bits per heavy atom. The number of ether oxygens (including phenoxy) is 1. The molecule has 0 radical (unpaired) electrons. The first kappa shape index (κ1) is 14.5. The highest BCUT2D eigenvalue weighted by atomic mass is 28.4. The third-order valence-corrected chi connectivity index (χ3v) is 11.1. The molecular formula is C15H30O2Si. The molecule has 3 atom stereocenters. The van der Waals surface area contributed by atoms with Crippen LogP contribution in [0.1, 0.15) is 53.4 Å². The topological polar surface area (TPSA) is 21.8 Å². The van der Waals surface area contributed by atoms with Gasteiger partial charge in [0.2, 0.25) is 0 Å². The van der Waals surface area contributed by atoms with E-state index in [1.54, 1.807) is 0 Å². The monoisotopic (exact) mass is 270 g/mol. The van der Waals surface area contributed by atoms with Crippen molar-refractivity contribution in [3.05, 3.63) is 0 Å². The maximum atomic E-state index is 6.10. The van der Waals surface area contributed by atoms with Crippen molar-refractivity contribution in [2.45, 2.75) is 82.7 Å². The van der Waals surface area contributed by atoms with E-state index < -0.39 is 8.32 Å². The van der Waals surface area contributed by atoms with E-state index in [4.69, 9.17) is 9.16 Å². The van der Waals surface area contributed by atoms with Crippen LogP contribution in [0.2, 0.25) is 17.1 Å². The van der Waals surface area contributed by atoms with Crippen molar-refractivity contribution in [2.75, 3.05) is 7.11 Å².